The fourth-order valence-electron chi connectivity index (χ4n) is 3.95. The third kappa shape index (κ3) is 5.51. The maximum absolute atomic E-state index is 12.6. The fourth-order valence-corrected chi connectivity index (χ4v) is 4.84. The van der Waals surface area contributed by atoms with Crippen molar-refractivity contribution >= 4 is 45.9 Å². The molecule has 0 atom stereocenters. The molecule has 0 saturated carbocycles. The minimum absolute atomic E-state index is 0.0648. The van der Waals surface area contributed by atoms with E-state index in [1.807, 2.05) is 35.0 Å². The second-order valence-electron chi connectivity index (χ2n) is 8.17. The minimum Gasteiger partial charge on any atom is -0.454 e. The molecule has 2 amide bonds. The molecule has 0 fully saturated rings. The summed E-state index contributed by atoms with van der Waals surface area (Å²) in [5, 5.41) is 17.5. The van der Waals surface area contributed by atoms with Crippen LogP contribution < -0.4 is 20.1 Å². The number of nitro benzene ring substituents is 1. The number of rotatable bonds is 9. The maximum Gasteiger partial charge on any atom is 0.269 e. The summed E-state index contributed by atoms with van der Waals surface area (Å²) in [6.45, 7) is 1.06. The lowest BCUT2D eigenvalue weighted by molar-refractivity contribution is -0.384. The molecule has 1 aliphatic heterocycles. The molecule has 37 heavy (non-hydrogen) atoms. The first-order chi connectivity index (χ1) is 18.0. The van der Waals surface area contributed by atoms with E-state index in [2.05, 4.69) is 10.6 Å². The van der Waals surface area contributed by atoms with Gasteiger partial charge < -0.3 is 24.7 Å². The molecular formula is C26H22N4O6S. The van der Waals surface area contributed by atoms with Crippen LogP contribution in [-0.4, -0.2) is 40.4 Å². The number of para-hydroxylation sites is 1. The Bertz CT molecular complexity index is 1480. The van der Waals surface area contributed by atoms with Crippen molar-refractivity contribution in [3.63, 3.8) is 0 Å². The molecule has 2 heterocycles. The summed E-state index contributed by atoms with van der Waals surface area (Å²) in [6.07, 6.45) is 1.97. The molecule has 0 saturated heterocycles. The predicted molar refractivity (Wildman–Crippen MR) is 139 cm³/mol. The molecule has 0 aliphatic carbocycles. The summed E-state index contributed by atoms with van der Waals surface area (Å²) in [4.78, 5) is 36.2. The van der Waals surface area contributed by atoms with Crippen LogP contribution >= 0.6 is 11.8 Å². The first-order valence-corrected chi connectivity index (χ1v) is 12.4. The van der Waals surface area contributed by atoms with Gasteiger partial charge in [0.15, 0.2) is 11.5 Å². The Kier molecular flexibility index (Phi) is 6.95. The van der Waals surface area contributed by atoms with Gasteiger partial charge in [0.25, 0.3) is 11.6 Å². The highest BCUT2D eigenvalue weighted by molar-refractivity contribution is 8.00. The molecule has 1 aliphatic rings. The molecule has 0 radical (unpaired) electrons. The van der Waals surface area contributed by atoms with Crippen molar-refractivity contribution in [3.8, 4) is 11.5 Å². The van der Waals surface area contributed by atoms with Crippen LogP contribution in [0.2, 0.25) is 0 Å². The Hall–Kier alpha value is -4.51. The topological polar surface area (TPSA) is 125 Å². The SMILES string of the molecule is O=C(CSc1cn(CCNC(=O)c2ccc([N+](=O)[O-])cc2)c2ccccc12)Nc1ccc2c(c1)OCO2. The molecule has 0 spiro atoms. The zero-order valence-corrected chi connectivity index (χ0v) is 20.3. The van der Waals surface area contributed by atoms with E-state index in [0.717, 1.165) is 15.8 Å². The van der Waals surface area contributed by atoms with Crippen molar-refractivity contribution in [2.24, 2.45) is 0 Å². The van der Waals surface area contributed by atoms with Gasteiger partial charge >= 0.3 is 0 Å². The molecule has 3 aromatic carbocycles. The maximum atomic E-state index is 12.6. The highest BCUT2D eigenvalue weighted by atomic mass is 32.2. The monoisotopic (exact) mass is 518 g/mol. The standard InChI is InChI=1S/C26H22N4O6S/c31-25(28-18-7-10-22-23(13-18)36-16-35-22)15-37-24-14-29(21-4-2-1-3-20(21)24)12-11-27-26(32)17-5-8-19(9-6-17)30(33)34/h1-10,13-14H,11-12,15-16H2,(H,27,32)(H,28,31). The average Bonchev–Trinajstić information content (AvgIpc) is 3.52. The van der Waals surface area contributed by atoms with Crippen LogP contribution in [0.4, 0.5) is 11.4 Å². The number of fused-ring (bicyclic) bond motifs is 2. The minimum atomic E-state index is -0.505. The number of nitro groups is 1. The largest absolute Gasteiger partial charge is 0.454 e. The number of ether oxygens (including phenoxy) is 2. The quantitative estimate of drug-likeness (QED) is 0.191. The Morgan fingerprint density at radius 3 is 2.62 bits per heavy atom. The Balaban J connectivity index is 1.19. The van der Waals surface area contributed by atoms with Crippen molar-refractivity contribution < 1.29 is 24.0 Å². The number of carbonyl (C=O) groups is 2. The summed E-state index contributed by atoms with van der Waals surface area (Å²) < 4.78 is 12.7. The van der Waals surface area contributed by atoms with E-state index in [-0.39, 0.29) is 30.0 Å². The molecule has 4 aromatic rings. The lowest BCUT2D eigenvalue weighted by Gasteiger charge is -2.07. The number of amides is 2. The van der Waals surface area contributed by atoms with Crippen LogP contribution in [0, 0.1) is 10.1 Å². The molecule has 5 rings (SSSR count). The molecule has 0 bridgehead atoms. The van der Waals surface area contributed by atoms with Gasteiger partial charge in [0.05, 0.1) is 10.7 Å². The summed E-state index contributed by atoms with van der Waals surface area (Å²) in [5.41, 5.74) is 1.92. The van der Waals surface area contributed by atoms with E-state index in [1.54, 1.807) is 18.2 Å². The smallest absolute Gasteiger partial charge is 0.269 e. The van der Waals surface area contributed by atoms with Crippen molar-refractivity contribution in [1.82, 2.24) is 9.88 Å². The number of hydrogen-bond donors (Lipinski definition) is 2. The molecular weight excluding hydrogens is 496 g/mol. The first-order valence-electron chi connectivity index (χ1n) is 11.4. The van der Waals surface area contributed by atoms with Gasteiger partial charge in [-0.25, -0.2) is 0 Å². The zero-order valence-electron chi connectivity index (χ0n) is 19.5. The summed E-state index contributed by atoms with van der Waals surface area (Å²) >= 11 is 1.43. The van der Waals surface area contributed by atoms with Gasteiger partial charge in [-0.05, 0) is 30.3 Å². The summed E-state index contributed by atoms with van der Waals surface area (Å²) in [7, 11) is 0. The van der Waals surface area contributed by atoms with Crippen LogP contribution in [0.15, 0.2) is 77.8 Å². The number of carbonyl (C=O) groups excluding carboxylic acids is 2. The molecule has 0 unspecified atom stereocenters. The number of anilines is 1. The van der Waals surface area contributed by atoms with Crippen molar-refractivity contribution in [1.29, 1.82) is 0 Å². The van der Waals surface area contributed by atoms with Crippen LogP contribution in [0.3, 0.4) is 0 Å². The number of nitrogens with zero attached hydrogens (tertiary/aromatic N) is 2. The second kappa shape index (κ2) is 10.6. The zero-order chi connectivity index (χ0) is 25.8. The predicted octanol–water partition coefficient (Wildman–Crippen LogP) is 4.44. The van der Waals surface area contributed by atoms with Crippen LogP contribution in [0.5, 0.6) is 11.5 Å². The number of benzene rings is 3. The normalized spacial score (nSPS) is 11.9. The molecule has 10 nitrogen and oxygen atoms in total. The van der Waals surface area contributed by atoms with Gasteiger partial charge in [-0.1, -0.05) is 18.2 Å². The Morgan fingerprint density at radius 1 is 1.03 bits per heavy atom. The lowest BCUT2D eigenvalue weighted by atomic mass is 10.2. The highest BCUT2D eigenvalue weighted by Crippen LogP contribution is 2.34. The third-order valence-electron chi connectivity index (χ3n) is 5.75. The van der Waals surface area contributed by atoms with E-state index >= 15 is 0 Å². The number of nitrogens with one attached hydrogen (secondary N) is 2. The molecule has 1 aromatic heterocycles. The molecule has 2 N–H and O–H groups in total. The van der Waals surface area contributed by atoms with E-state index in [9.17, 15) is 19.7 Å². The van der Waals surface area contributed by atoms with Gasteiger partial charge in [-0.3, -0.25) is 19.7 Å². The number of hydrogen-bond acceptors (Lipinski definition) is 7. The van der Waals surface area contributed by atoms with Crippen molar-refractivity contribution in [2.45, 2.75) is 11.4 Å². The average molecular weight is 519 g/mol. The molecule has 11 heteroatoms. The summed E-state index contributed by atoms with van der Waals surface area (Å²) in [5.74, 6) is 1.04. The van der Waals surface area contributed by atoms with E-state index in [0.29, 0.717) is 35.8 Å². The van der Waals surface area contributed by atoms with Gasteiger partial charge in [-0.15, -0.1) is 11.8 Å². The van der Waals surface area contributed by atoms with E-state index in [1.165, 1.54) is 36.0 Å². The van der Waals surface area contributed by atoms with Crippen LogP contribution in [0.1, 0.15) is 10.4 Å². The van der Waals surface area contributed by atoms with E-state index in [4.69, 9.17) is 9.47 Å². The van der Waals surface area contributed by atoms with Gasteiger partial charge in [-0.2, -0.15) is 0 Å². The van der Waals surface area contributed by atoms with Crippen molar-refractivity contribution in [3.05, 3.63) is 88.6 Å². The Morgan fingerprint density at radius 2 is 1.81 bits per heavy atom. The van der Waals surface area contributed by atoms with Crippen LogP contribution in [-0.2, 0) is 11.3 Å². The third-order valence-corrected chi connectivity index (χ3v) is 6.79. The number of thioether (sulfide) groups is 1. The lowest BCUT2D eigenvalue weighted by Crippen LogP contribution is -2.27. The van der Waals surface area contributed by atoms with Crippen molar-refractivity contribution in [2.75, 3.05) is 24.4 Å². The Labute approximate surface area is 215 Å². The highest BCUT2D eigenvalue weighted by Gasteiger charge is 2.15. The first kappa shape index (κ1) is 24.2. The summed E-state index contributed by atoms with van der Waals surface area (Å²) in [6, 6.07) is 18.6. The second-order valence-corrected chi connectivity index (χ2v) is 9.19. The van der Waals surface area contributed by atoms with Gasteiger partial charge in [0.1, 0.15) is 0 Å². The molecule has 188 valence electrons. The van der Waals surface area contributed by atoms with Gasteiger partial charge in [0, 0.05) is 64.5 Å². The van der Waals surface area contributed by atoms with Crippen LogP contribution in [0.25, 0.3) is 10.9 Å². The van der Waals surface area contributed by atoms with E-state index < -0.39 is 4.92 Å². The van der Waals surface area contributed by atoms with Gasteiger partial charge in [0.2, 0.25) is 12.7 Å². The number of non-ortho nitro benzene ring substituents is 1. The fraction of sp³-hybridized carbons (Fsp3) is 0.154. The number of aromatic nitrogens is 1.